The van der Waals surface area contributed by atoms with Crippen LogP contribution in [0.25, 0.3) is 0 Å². The number of hydrogen-bond donors (Lipinski definition) is 0. The van der Waals surface area contributed by atoms with Gasteiger partial charge < -0.3 is 14.0 Å². The Morgan fingerprint density at radius 2 is 1.72 bits per heavy atom. The fourth-order valence-electron chi connectivity index (χ4n) is 6.55. The van der Waals surface area contributed by atoms with Crippen molar-refractivity contribution in [1.29, 1.82) is 0 Å². The third-order valence-electron chi connectivity index (χ3n) is 8.89. The predicted molar refractivity (Wildman–Crippen MR) is 139 cm³/mol. The molecule has 4 aliphatic heterocycles. The van der Waals surface area contributed by atoms with Crippen LogP contribution in [-0.4, -0.2) is 73.6 Å². The van der Waals surface area contributed by atoms with Gasteiger partial charge in [0.05, 0.1) is 20.2 Å². The average molecular weight is 492 g/mol. The van der Waals surface area contributed by atoms with Crippen LogP contribution >= 0.6 is 0 Å². The molecule has 4 aliphatic rings. The van der Waals surface area contributed by atoms with Crippen LogP contribution in [-0.2, 0) is 15.1 Å². The molecule has 4 saturated heterocycles. The maximum absolute atomic E-state index is 14.0. The number of carbonyl (C=O) groups is 2. The molecule has 0 N–H and O–H groups in total. The van der Waals surface area contributed by atoms with Gasteiger partial charge in [-0.2, -0.15) is 0 Å². The molecule has 4 fully saturated rings. The van der Waals surface area contributed by atoms with E-state index in [9.17, 15) is 9.59 Å². The molecule has 0 spiro atoms. The third-order valence-corrected chi connectivity index (χ3v) is 8.89. The number of carbonyl (C=O) groups excluding carboxylic acids is 2. The number of Topliss-reactive ketones (excluding diaryl/α,β-unsaturated/α-hetero) is 1. The van der Waals surface area contributed by atoms with Gasteiger partial charge in [0, 0.05) is 24.3 Å². The lowest BCUT2D eigenvalue weighted by molar-refractivity contribution is -0.938. The van der Waals surface area contributed by atoms with Gasteiger partial charge in [0.25, 0.3) is 0 Å². The van der Waals surface area contributed by atoms with Crippen LogP contribution < -0.4 is 4.74 Å². The van der Waals surface area contributed by atoms with E-state index in [1.807, 2.05) is 61.5 Å². The van der Waals surface area contributed by atoms with E-state index in [2.05, 4.69) is 4.90 Å². The van der Waals surface area contributed by atoms with Gasteiger partial charge in [-0.05, 0) is 50.6 Å². The highest BCUT2D eigenvalue weighted by molar-refractivity contribution is 5.97. The monoisotopic (exact) mass is 491 g/mol. The highest BCUT2D eigenvalue weighted by Crippen LogP contribution is 2.39. The minimum Gasteiger partial charge on any atom is -0.497 e. The van der Waals surface area contributed by atoms with Crippen LogP contribution in [0.1, 0.15) is 54.9 Å². The highest BCUT2D eigenvalue weighted by atomic mass is 16.5. The van der Waals surface area contributed by atoms with Crippen LogP contribution in [0.2, 0.25) is 0 Å². The van der Waals surface area contributed by atoms with Crippen molar-refractivity contribution in [2.75, 3.05) is 46.4 Å². The van der Waals surface area contributed by atoms with Gasteiger partial charge in [-0.15, -0.1) is 0 Å². The Kier molecular flexibility index (Phi) is 7.18. The zero-order valence-electron chi connectivity index (χ0n) is 21.7. The summed E-state index contributed by atoms with van der Waals surface area (Å²) in [5.41, 5.74) is 0.884. The quantitative estimate of drug-likeness (QED) is 0.311. The van der Waals surface area contributed by atoms with Crippen LogP contribution in [0, 0.1) is 5.92 Å². The van der Waals surface area contributed by atoms with Crippen LogP contribution in [0.4, 0.5) is 0 Å². The molecule has 36 heavy (non-hydrogen) atoms. The molecule has 4 heterocycles. The fraction of sp³-hybridized carbons (Fsp3) is 0.533. The molecule has 0 aliphatic carbocycles. The van der Waals surface area contributed by atoms with Crippen LogP contribution in [0.15, 0.2) is 54.6 Å². The Hall–Kier alpha value is -2.70. The number of esters is 1. The highest BCUT2D eigenvalue weighted by Gasteiger charge is 2.51. The molecule has 192 valence electrons. The van der Waals surface area contributed by atoms with E-state index in [-0.39, 0.29) is 17.9 Å². The van der Waals surface area contributed by atoms with Crippen molar-refractivity contribution in [3.05, 3.63) is 65.7 Å². The normalized spacial score (nSPS) is 27.7. The van der Waals surface area contributed by atoms with Crippen molar-refractivity contribution >= 4 is 11.8 Å². The lowest BCUT2D eigenvalue weighted by Gasteiger charge is -2.52. The fourth-order valence-corrected chi connectivity index (χ4v) is 6.55. The summed E-state index contributed by atoms with van der Waals surface area (Å²) in [6.45, 7) is 6.95. The van der Waals surface area contributed by atoms with E-state index >= 15 is 0 Å². The smallest absolute Gasteiger partial charge is 0.331 e. The second-order valence-electron chi connectivity index (χ2n) is 11.1. The van der Waals surface area contributed by atoms with E-state index in [4.69, 9.17) is 9.47 Å². The number of methoxy groups -OCH3 is 1. The molecule has 6 heteroatoms. The number of rotatable bonds is 8. The summed E-state index contributed by atoms with van der Waals surface area (Å²) in [5.74, 6) is 1.05. The molecular weight excluding hydrogens is 452 g/mol. The number of hydrogen-bond acceptors (Lipinski definition) is 5. The van der Waals surface area contributed by atoms with E-state index in [1.165, 1.54) is 6.42 Å². The zero-order valence-corrected chi connectivity index (χ0v) is 21.7. The number of ketones is 1. The molecule has 0 saturated carbocycles. The standard InChI is InChI=1S/C30H39N2O4/c1-30(25-11-5-3-6-12-25,31-16-7-4-8-17-31)29(34)36-28-22-32(18-14-23(28)15-19-32)21-27(33)24-10-9-13-26(20-24)35-2/h3,5-6,9-13,20,23,28H,4,7-8,14-19,21-22H2,1-2H3/q+1/t23?,28-,30-,32?/m0/s1. The second-order valence-corrected chi connectivity index (χ2v) is 11.1. The Labute approximate surface area is 214 Å². The van der Waals surface area contributed by atoms with Gasteiger partial charge in [0.1, 0.15) is 24.4 Å². The molecule has 0 unspecified atom stereocenters. The van der Waals surface area contributed by atoms with Crippen molar-refractivity contribution in [3.8, 4) is 5.75 Å². The Morgan fingerprint density at radius 1 is 1.00 bits per heavy atom. The van der Waals surface area contributed by atoms with Crippen molar-refractivity contribution in [3.63, 3.8) is 0 Å². The SMILES string of the molecule is COc1cccc(C(=O)C[N+]23CCC(CC2)[C@@H](OC(=O)[C@](C)(c2ccccc2)N2CCCCC2)C3)c1. The molecule has 6 nitrogen and oxygen atoms in total. The Morgan fingerprint density at radius 3 is 2.42 bits per heavy atom. The first-order valence-corrected chi connectivity index (χ1v) is 13.5. The molecule has 0 radical (unpaired) electrons. The van der Waals surface area contributed by atoms with E-state index in [0.717, 1.165) is 64.0 Å². The first kappa shape index (κ1) is 25.0. The Balaban J connectivity index is 1.33. The van der Waals surface area contributed by atoms with Crippen molar-refractivity contribution in [1.82, 2.24) is 4.90 Å². The molecule has 2 bridgehead atoms. The summed E-state index contributed by atoms with van der Waals surface area (Å²) in [4.78, 5) is 29.5. The summed E-state index contributed by atoms with van der Waals surface area (Å²) in [7, 11) is 1.62. The lowest BCUT2D eigenvalue weighted by Crippen LogP contribution is -2.66. The second kappa shape index (κ2) is 10.3. The maximum Gasteiger partial charge on any atom is 0.331 e. The van der Waals surface area contributed by atoms with E-state index in [0.29, 0.717) is 28.3 Å². The van der Waals surface area contributed by atoms with Crippen molar-refractivity contribution in [2.45, 2.75) is 50.7 Å². The zero-order chi connectivity index (χ0) is 25.2. The number of likely N-dealkylation sites (tertiary alicyclic amines) is 1. The van der Waals surface area contributed by atoms with Crippen LogP contribution in [0.5, 0.6) is 5.75 Å². The summed E-state index contributed by atoms with van der Waals surface area (Å²) in [6.07, 6.45) is 5.26. The van der Waals surface area contributed by atoms with Gasteiger partial charge in [0.2, 0.25) is 5.78 Å². The van der Waals surface area contributed by atoms with E-state index in [1.54, 1.807) is 7.11 Å². The first-order valence-electron chi connectivity index (χ1n) is 13.5. The number of ether oxygens (including phenoxy) is 2. The molecule has 0 amide bonds. The number of fused-ring (bicyclic) bond motifs is 3. The summed E-state index contributed by atoms with van der Waals surface area (Å²) >= 11 is 0. The summed E-state index contributed by atoms with van der Waals surface area (Å²) in [6, 6.07) is 17.5. The van der Waals surface area contributed by atoms with E-state index < -0.39 is 5.54 Å². The van der Waals surface area contributed by atoms with Gasteiger partial charge in [-0.1, -0.05) is 48.9 Å². The molecule has 2 atom stereocenters. The Bertz CT molecular complexity index is 1070. The van der Waals surface area contributed by atoms with Crippen molar-refractivity contribution in [2.24, 2.45) is 5.92 Å². The largest absolute Gasteiger partial charge is 0.497 e. The molecule has 2 aromatic rings. The summed E-state index contributed by atoms with van der Waals surface area (Å²) < 4.78 is 12.4. The maximum atomic E-state index is 14.0. The number of quaternary nitrogens is 1. The number of nitrogens with zero attached hydrogens (tertiary/aromatic N) is 2. The topological polar surface area (TPSA) is 55.8 Å². The predicted octanol–water partition coefficient (Wildman–Crippen LogP) is 4.43. The van der Waals surface area contributed by atoms with Crippen LogP contribution in [0.3, 0.4) is 0 Å². The number of piperidine rings is 4. The summed E-state index contributed by atoms with van der Waals surface area (Å²) in [5, 5.41) is 0. The van der Waals surface area contributed by atoms with Gasteiger partial charge in [-0.3, -0.25) is 9.69 Å². The first-order chi connectivity index (χ1) is 17.4. The third kappa shape index (κ3) is 4.81. The minimum absolute atomic E-state index is 0.127. The lowest BCUT2D eigenvalue weighted by atomic mass is 9.82. The molecule has 0 aromatic heterocycles. The minimum atomic E-state index is -0.797. The average Bonchev–Trinajstić information content (AvgIpc) is 2.94. The van der Waals surface area contributed by atoms with Gasteiger partial charge in [0.15, 0.2) is 6.10 Å². The molecular formula is C30H39N2O4+. The molecule has 6 rings (SSSR count). The van der Waals surface area contributed by atoms with Gasteiger partial charge >= 0.3 is 5.97 Å². The van der Waals surface area contributed by atoms with Gasteiger partial charge in [-0.25, -0.2) is 4.79 Å². The van der Waals surface area contributed by atoms with Crippen molar-refractivity contribution < 1.29 is 23.5 Å². The molecule has 2 aromatic carbocycles. The number of benzene rings is 2.